The first-order chi connectivity index (χ1) is 13.2. The van der Waals surface area contributed by atoms with Gasteiger partial charge in [0.2, 0.25) is 0 Å². The maximum atomic E-state index is 13.5. The van der Waals surface area contributed by atoms with Crippen molar-refractivity contribution in [2.45, 2.75) is 24.7 Å². The molecule has 0 radical (unpaired) electrons. The van der Waals surface area contributed by atoms with Crippen molar-refractivity contribution in [3.8, 4) is 0 Å². The van der Waals surface area contributed by atoms with E-state index < -0.39 is 32.5 Å². The number of hydrogen-bond acceptors (Lipinski definition) is 4. The standard InChI is InChI=1S/C19H20F2N2O4S/c1-12-6-8-23(9-7-12)18-5-2-13(19(24)25)10-17(18)22-28(26,27)14-3-4-15(20)16(21)11-14/h2-5,10-12,22H,6-9H2,1H3,(H,24,25). The summed E-state index contributed by atoms with van der Waals surface area (Å²) in [4.78, 5) is 12.8. The fourth-order valence-corrected chi connectivity index (χ4v) is 4.20. The summed E-state index contributed by atoms with van der Waals surface area (Å²) in [6.45, 7) is 3.54. The molecule has 1 fully saturated rings. The Bertz CT molecular complexity index is 1000. The zero-order valence-corrected chi connectivity index (χ0v) is 16.0. The number of nitrogens with one attached hydrogen (secondary N) is 1. The number of sulfonamides is 1. The van der Waals surface area contributed by atoms with Gasteiger partial charge in [-0.2, -0.15) is 0 Å². The highest BCUT2D eigenvalue weighted by Crippen LogP contribution is 2.32. The molecule has 0 amide bonds. The van der Waals surface area contributed by atoms with Crippen molar-refractivity contribution in [3.63, 3.8) is 0 Å². The van der Waals surface area contributed by atoms with Crippen molar-refractivity contribution in [2.75, 3.05) is 22.7 Å². The predicted molar refractivity (Wildman–Crippen MR) is 101 cm³/mol. The molecule has 1 aliphatic heterocycles. The predicted octanol–water partition coefficient (Wildman–Crippen LogP) is 3.70. The van der Waals surface area contributed by atoms with Gasteiger partial charge in [0.15, 0.2) is 11.6 Å². The van der Waals surface area contributed by atoms with Crippen LogP contribution in [0.4, 0.5) is 20.2 Å². The molecule has 1 heterocycles. The average Bonchev–Trinajstić information content (AvgIpc) is 2.64. The van der Waals surface area contributed by atoms with E-state index in [-0.39, 0.29) is 11.3 Å². The fraction of sp³-hybridized carbons (Fsp3) is 0.316. The van der Waals surface area contributed by atoms with Crippen molar-refractivity contribution < 1.29 is 27.1 Å². The van der Waals surface area contributed by atoms with Gasteiger partial charge < -0.3 is 10.0 Å². The highest BCUT2D eigenvalue weighted by Gasteiger charge is 2.23. The van der Waals surface area contributed by atoms with E-state index >= 15 is 0 Å². The van der Waals surface area contributed by atoms with Crippen molar-refractivity contribution in [3.05, 3.63) is 53.6 Å². The topological polar surface area (TPSA) is 86.7 Å². The minimum absolute atomic E-state index is 0.0826. The van der Waals surface area contributed by atoms with Crippen LogP contribution in [0, 0.1) is 17.6 Å². The molecule has 2 aromatic rings. The third kappa shape index (κ3) is 4.24. The third-order valence-electron chi connectivity index (χ3n) is 4.81. The lowest BCUT2D eigenvalue weighted by Crippen LogP contribution is -2.33. The van der Waals surface area contributed by atoms with E-state index in [1.807, 2.05) is 4.90 Å². The second-order valence-electron chi connectivity index (χ2n) is 6.89. The molecule has 3 rings (SSSR count). The van der Waals surface area contributed by atoms with Crippen LogP contribution in [-0.4, -0.2) is 32.6 Å². The van der Waals surface area contributed by atoms with Crippen LogP contribution < -0.4 is 9.62 Å². The first-order valence-electron chi connectivity index (χ1n) is 8.77. The molecule has 0 aromatic heterocycles. The Morgan fingerprint density at radius 3 is 2.39 bits per heavy atom. The van der Waals surface area contributed by atoms with E-state index in [9.17, 15) is 27.1 Å². The van der Waals surface area contributed by atoms with E-state index in [4.69, 9.17) is 0 Å². The molecule has 28 heavy (non-hydrogen) atoms. The maximum Gasteiger partial charge on any atom is 0.335 e. The van der Waals surface area contributed by atoms with Crippen molar-refractivity contribution in [1.29, 1.82) is 0 Å². The number of anilines is 2. The van der Waals surface area contributed by atoms with Crippen LogP contribution in [0.3, 0.4) is 0 Å². The molecule has 6 nitrogen and oxygen atoms in total. The van der Waals surface area contributed by atoms with Crippen molar-refractivity contribution in [1.82, 2.24) is 0 Å². The summed E-state index contributed by atoms with van der Waals surface area (Å²) in [6.07, 6.45) is 1.85. The Balaban J connectivity index is 1.99. The van der Waals surface area contributed by atoms with Crippen LogP contribution in [0.15, 0.2) is 41.3 Å². The molecular formula is C19H20F2N2O4S. The molecule has 150 valence electrons. The number of carboxylic acid groups (broad SMARTS) is 1. The van der Waals surface area contributed by atoms with Gasteiger partial charge in [0.05, 0.1) is 21.8 Å². The molecule has 0 spiro atoms. The molecule has 0 atom stereocenters. The van der Waals surface area contributed by atoms with Gasteiger partial charge >= 0.3 is 5.97 Å². The molecule has 0 saturated carbocycles. The van der Waals surface area contributed by atoms with Gasteiger partial charge in [-0.3, -0.25) is 4.72 Å². The van der Waals surface area contributed by atoms with E-state index in [2.05, 4.69) is 11.6 Å². The monoisotopic (exact) mass is 410 g/mol. The second-order valence-corrected chi connectivity index (χ2v) is 8.57. The van der Waals surface area contributed by atoms with Crippen molar-refractivity contribution >= 4 is 27.4 Å². The molecule has 0 bridgehead atoms. The Morgan fingerprint density at radius 1 is 1.11 bits per heavy atom. The summed E-state index contributed by atoms with van der Waals surface area (Å²) < 4.78 is 54.3. The zero-order chi connectivity index (χ0) is 20.5. The lowest BCUT2D eigenvalue weighted by atomic mass is 9.98. The highest BCUT2D eigenvalue weighted by molar-refractivity contribution is 7.92. The van der Waals surface area contributed by atoms with E-state index in [0.29, 0.717) is 30.8 Å². The first-order valence-corrected chi connectivity index (χ1v) is 10.3. The van der Waals surface area contributed by atoms with Gasteiger partial charge in [-0.25, -0.2) is 22.0 Å². The lowest BCUT2D eigenvalue weighted by Gasteiger charge is -2.33. The molecule has 9 heteroatoms. The lowest BCUT2D eigenvalue weighted by molar-refractivity contribution is 0.0697. The molecule has 2 aromatic carbocycles. The van der Waals surface area contributed by atoms with Gasteiger partial charge in [-0.1, -0.05) is 6.92 Å². The van der Waals surface area contributed by atoms with Crippen LogP contribution in [0.5, 0.6) is 0 Å². The van der Waals surface area contributed by atoms with Crippen molar-refractivity contribution in [2.24, 2.45) is 5.92 Å². The first kappa shape index (κ1) is 20.1. The number of rotatable bonds is 5. The quantitative estimate of drug-likeness (QED) is 0.785. The Kier molecular flexibility index (Phi) is 5.55. The molecular weight excluding hydrogens is 390 g/mol. The largest absolute Gasteiger partial charge is 0.478 e. The highest BCUT2D eigenvalue weighted by atomic mass is 32.2. The number of carbonyl (C=O) groups is 1. The summed E-state index contributed by atoms with van der Waals surface area (Å²) in [5.74, 6) is -3.09. The number of carboxylic acids is 1. The zero-order valence-electron chi connectivity index (χ0n) is 15.2. The molecule has 1 aliphatic rings. The molecule has 2 N–H and O–H groups in total. The Labute approximate surface area is 161 Å². The SMILES string of the molecule is CC1CCN(c2ccc(C(=O)O)cc2NS(=O)(=O)c2ccc(F)c(F)c2)CC1. The summed E-state index contributed by atoms with van der Waals surface area (Å²) >= 11 is 0. The summed E-state index contributed by atoms with van der Waals surface area (Å²) in [5.41, 5.74) is 0.541. The summed E-state index contributed by atoms with van der Waals surface area (Å²) in [7, 11) is -4.24. The Morgan fingerprint density at radius 2 is 1.79 bits per heavy atom. The van der Waals surface area contributed by atoms with Gasteiger partial charge in [0.1, 0.15) is 0 Å². The van der Waals surface area contributed by atoms with Crippen LogP contribution in [0.2, 0.25) is 0 Å². The number of benzene rings is 2. The average molecular weight is 410 g/mol. The number of halogens is 2. The number of nitrogens with zero attached hydrogens (tertiary/aromatic N) is 1. The Hall–Kier alpha value is -2.68. The minimum atomic E-state index is -4.24. The maximum absolute atomic E-state index is 13.5. The number of aromatic carboxylic acids is 1. The molecule has 0 aliphatic carbocycles. The second kappa shape index (κ2) is 7.75. The van der Waals surface area contributed by atoms with Gasteiger partial charge in [0.25, 0.3) is 10.0 Å². The van der Waals surface area contributed by atoms with E-state index in [0.717, 1.165) is 25.0 Å². The minimum Gasteiger partial charge on any atom is -0.478 e. The smallest absolute Gasteiger partial charge is 0.335 e. The number of hydrogen-bond donors (Lipinski definition) is 2. The summed E-state index contributed by atoms with van der Waals surface area (Å²) in [5, 5.41) is 9.25. The van der Waals surface area contributed by atoms with Gasteiger partial charge in [0, 0.05) is 13.1 Å². The molecule has 1 saturated heterocycles. The summed E-state index contributed by atoms with van der Waals surface area (Å²) in [6, 6.07) is 6.45. The molecule has 0 unspecified atom stereocenters. The number of piperidine rings is 1. The van der Waals surface area contributed by atoms with Crippen LogP contribution in [-0.2, 0) is 10.0 Å². The third-order valence-corrected chi connectivity index (χ3v) is 6.18. The van der Waals surface area contributed by atoms with E-state index in [1.54, 1.807) is 6.07 Å². The van der Waals surface area contributed by atoms with Gasteiger partial charge in [-0.15, -0.1) is 0 Å². The van der Waals surface area contributed by atoms with E-state index in [1.165, 1.54) is 12.1 Å². The normalized spacial score (nSPS) is 15.5. The van der Waals surface area contributed by atoms with Crippen LogP contribution in [0.25, 0.3) is 0 Å². The fourth-order valence-electron chi connectivity index (χ4n) is 3.12. The van der Waals surface area contributed by atoms with Crippen LogP contribution in [0.1, 0.15) is 30.1 Å². The van der Waals surface area contributed by atoms with Gasteiger partial charge in [-0.05, 0) is 55.2 Å². The van der Waals surface area contributed by atoms with Crippen LogP contribution >= 0.6 is 0 Å².